The maximum absolute atomic E-state index is 4.23. The van der Waals surface area contributed by atoms with Gasteiger partial charge in [-0.25, -0.2) is 4.68 Å². The van der Waals surface area contributed by atoms with E-state index in [0.29, 0.717) is 0 Å². The second kappa shape index (κ2) is 5.50. The molecule has 100 valence electrons. The van der Waals surface area contributed by atoms with E-state index >= 15 is 0 Å². The van der Waals surface area contributed by atoms with Crippen molar-refractivity contribution in [1.29, 1.82) is 0 Å². The van der Waals surface area contributed by atoms with Crippen LogP contribution in [0.3, 0.4) is 0 Å². The topological polar surface area (TPSA) is 30.7 Å². The van der Waals surface area contributed by atoms with Crippen molar-refractivity contribution in [3.63, 3.8) is 0 Å². The maximum Gasteiger partial charge on any atom is 0.113 e. The number of rotatable bonds is 2. The van der Waals surface area contributed by atoms with Crippen molar-refractivity contribution in [3.8, 4) is 16.9 Å². The number of halogens is 2. The molecular formula is C15H11Br2N3. The van der Waals surface area contributed by atoms with Gasteiger partial charge in [0, 0.05) is 14.5 Å². The zero-order chi connectivity index (χ0) is 14.1. The van der Waals surface area contributed by atoms with Crippen LogP contribution in [0.25, 0.3) is 16.9 Å². The molecule has 1 heterocycles. The summed E-state index contributed by atoms with van der Waals surface area (Å²) >= 11 is 6.93. The zero-order valence-corrected chi connectivity index (χ0v) is 13.9. The van der Waals surface area contributed by atoms with Crippen LogP contribution in [0.2, 0.25) is 0 Å². The predicted molar refractivity (Wildman–Crippen MR) is 86.9 cm³/mol. The summed E-state index contributed by atoms with van der Waals surface area (Å²) in [4.78, 5) is 0. The van der Waals surface area contributed by atoms with E-state index in [1.54, 1.807) is 4.68 Å². The van der Waals surface area contributed by atoms with Crippen molar-refractivity contribution >= 4 is 31.9 Å². The van der Waals surface area contributed by atoms with Gasteiger partial charge < -0.3 is 0 Å². The first kappa shape index (κ1) is 13.5. The van der Waals surface area contributed by atoms with Gasteiger partial charge in [0.05, 0.1) is 11.9 Å². The fourth-order valence-corrected chi connectivity index (χ4v) is 2.43. The number of aryl methyl sites for hydroxylation is 1. The SMILES string of the molecule is Cc1cc(-n2cc(-c3ccc(Br)cc3)nn2)ccc1Br. The molecule has 5 heteroatoms. The summed E-state index contributed by atoms with van der Waals surface area (Å²) in [7, 11) is 0. The van der Waals surface area contributed by atoms with Crippen LogP contribution >= 0.6 is 31.9 Å². The standard InChI is InChI=1S/C15H11Br2N3/c1-10-8-13(6-7-14(10)17)20-9-15(18-19-20)11-2-4-12(16)5-3-11/h2-9H,1H3. The van der Waals surface area contributed by atoms with Gasteiger partial charge in [0.2, 0.25) is 0 Å². The second-order valence-corrected chi connectivity index (χ2v) is 6.26. The Morgan fingerprint density at radius 1 is 1.00 bits per heavy atom. The molecular weight excluding hydrogens is 382 g/mol. The van der Waals surface area contributed by atoms with E-state index in [1.807, 2.05) is 42.6 Å². The van der Waals surface area contributed by atoms with Crippen molar-refractivity contribution in [1.82, 2.24) is 15.0 Å². The molecule has 0 aliphatic heterocycles. The van der Waals surface area contributed by atoms with Gasteiger partial charge in [0.1, 0.15) is 5.69 Å². The lowest BCUT2D eigenvalue weighted by Crippen LogP contribution is -1.95. The normalized spacial score (nSPS) is 10.8. The molecule has 0 aliphatic carbocycles. The fraction of sp³-hybridized carbons (Fsp3) is 0.0667. The van der Waals surface area contributed by atoms with E-state index in [9.17, 15) is 0 Å². The molecule has 0 N–H and O–H groups in total. The quantitative estimate of drug-likeness (QED) is 0.628. The van der Waals surface area contributed by atoms with Gasteiger partial charge in [-0.2, -0.15) is 0 Å². The Labute approximate surface area is 133 Å². The van der Waals surface area contributed by atoms with Crippen molar-refractivity contribution < 1.29 is 0 Å². The van der Waals surface area contributed by atoms with Crippen LogP contribution in [-0.2, 0) is 0 Å². The van der Waals surface area contributed by atoms with Crippen LogP contribution in [0.5, 0.6) is 0 Å². The molecule has 0 radical (unpaired) electrons. The van der Waals surface area contributed by atoms with Gasteiger partial charge in [-0.15, -0.1) is 5.10 Å². The summed E-state index contributed by atoms with van der Waals surface area (Å²) in [6.45, 7) is 2.06. The highest BCUT2D eigenvalue weighted by Gasteiger charge is 2.06. The van der Waals surface area contributed by atoms with Crippen molar-refractivity contribution in [3.05, 3.63) is 63.2 Å². The van der Waals surface area contributed by atoms with Crippen LogP contribution in [-0.4, -0.2) is 15.0 Å². The van der Waals surface area contributed by atoms with Gasteiger partial charge in [0.15, 0.2) is 0 Å². The molecule has 1 aromatic heterocycles. The summed E-state index contributed by atoms with van der Waals surface area (Å²) in [5.74, 6) is 0. The van der Waals surface area contributed by atoms with E-state index in [-0.39, 0.29) is 0 Å². The molecule has 20 heavy (non-hydrogen) atoms. The van der Waals surface area contributed by atoms with Gasteiger partial charge >= 0.3 is 0 Å². The highest BCUT2D eigenvalue weighted by molar-refractivity contribution is 9.10. The zero-order valence-electron chi connectivity index (χ0n) is 10.7. The number of nitrogens with zero attached hydrogens (tertiary/aromatic N) is 3. The Morgan fingerprint density at radius 3 is 2.45 bits per heavy atom. The number of benzene rings is 2. The molecule has 0 amide bonds. The second-order valence-electron chi connectivity index (χ2n) is 4.49. The van der Waals surface area contributed by atoms with Gasteiger partial charge in [0.25, 0.3) is 0 Å². The first-order chi connectivity index (χ1) is 9.63. The Bertz CT molecular complexity index is 748. The molecule has 0 aliphatic rings. The molecule has 3 nitrogen and oxygen atoms in total. The lowest BCUT2D eigenvalue weighted by atomic mass is 10.2. The minimum absolute atomic E-state index is 0.859. The molecule has 2 aromatic carbocycles. The highest BCUT2D eigenvalue weighted by Crippen LogP contribution is 2.22. The number of aromatic nitrogens is 3. The molecule has 0 spiro atoms. The molecule has 0 atom stereocenters. The Kier molecular flexibility index (Phi) is 3.72. The summed E-state index contributed by atoms with van der Waals surface area (Å²) in [6, 6.07) is 14.1. The van der Waals surface area contributed by atoms with Crippen molar-refractivity contribution in [2.45, 2.75) is 6.92 Å². The lowest BCUT2D eigenvalue weighted by molar-refractivity contribution is 0.803. The van der Waals surface area contributed by atoms with Crippen LogP contribution < -0.4 is 0 Å². The minimum atomic E-state index is 0.859. The third-order valence-corrected chi connectivity index (χ3v) is 4.46. The molecule has 0 unspecified atom stereocenters. The smallest absolute Gasteiger partial charge is 0.113 e. The van der Waals surface area contributed by atoms with Crippen LogP contribution in [0.15, 0.2) is 57.6 Å². The maximum atomic E-state index is 4.23. The van der Waals surface area contributed by atoms with Crippen LogP contribution in [0.4, 0.5) is 0 Å². The summed E-state index contributed by atoms with van der Waals surface area (Å²) in [5.41, 5.74) is 4.08. The van der Waals surface area contributed by atoms with Crippen molar-refractivity contribution in [2.75, 3.05) is 0 Å². The van der Waals surface area contributed by atoms with E-state index in [1.165, 1.54) is 5.56 Å². The summed E-state index contributed by atoms with van der Waals surface area (Å²) in [5, 5.41) is 8.43. The Morgan fingerprint density at radius 2 is 1.75 bits per heavy atom. The minimum Gasteiger partial charge on any atom is -0.220 e. The largest absolute Gasteiger partial charge is 0.220 e. The fourth-order valence-electron chi connectivity index (χ4n) is 1.91. The third-order valence-electron chi connectivity index (χ3n) is 3.04. The van der Waals surface area contributed by atoms with E-state index in [2.05, 4.69) is 55.2 Å². The third kappa shape index (κ3) is 2.69. The Balaban J connectivity index is 1.97. The highest BCUT2D eigenvalue weighted by atomic mass is 79.9. The average molecular weight is 393 g/mol. The summed E-state index contributed by atoms with van der Waals surface area (Å²) < 4.78 is 3.93. The molecule has 3 rings (SSSR count). The lowest BCUT2D eigenvalue weighted by Gasteiger charge is -2.03. The summed E-state index contributed by atoms with van der Waals surface area (Å²) in [6.07, 6.45) is 1.94. The molecule has 3 aromatic rings. The predicted octanol–water partition coefficient (Wildman–Crippen LogP) is 4.77. The Hall–Kier alpha value is -1.46. The molecule has 0 bridgehead atoms. The van der Waals surface area contributed by atoms with E-state index in [0.717, 1.165) is 25.9 Å². The van der Waals surface area contributed by atoms with E-state index < -0.39 is 0 Å². The first-order valence-electron chi connectivity index (χ1n) is 6.08. The van der Waals surface area contributed by atoms with Crippen molar-refractivity contribution in [2.24, 2.45) is 0 Å². The van der Waals surface area contributed by atoms with Crippen LogP contribution in [0.1, 0.15) is 5.56 Å². The van der Waals surface area contributed by atoms with Gasteiger partial charge in [-0.05, 0) is 42.8 Å². The molecule has 0 saturated carbocycles. The number of hydrogen-bond acceptors (Lipinski definition) is 2. The van der Waals surface area contributed by atoms with Gasteiger partial charge in [-0.1, -0.05) is 49.2 Å². The van der Waals surface area contributed by atoms with Gasteiger partial charge in [-0.3, -0.25) is 0 Å². The van der Waals surface area contributed by atoms with Crippen LogP contribution in [0, 0.1) is 6.92 Å². The number of hydrogen-bond donors (Lipinski definition) is 0. The molecule has 0 saturated heterocycles. The average Bonchev–Trinajstić information content (AvgIpc) is 2.92. The molecule has 0 fully saturated rings. The first-order valence-corrected chi connectivity index (χ1v) is 7.67. The van der Waals surface area contributed by atoms with E-state index in [4.69, 9.17) is 0 Å². The monoisotopic (exact) mass is 391 g/mol.